The average Bonchev–Trinajstić information content (AvgIpc) is 2.85. The Labute approximate surface area is 121 Å². The number of aryl methyl sites for hydroxylation is 1. The van der Waals surface area contributed by atoms with Crippen LogP contribution in [0.3, 0.4) is 0 Å². The lowest BCUT2D eigenvalue weighted by atomic mass is 9.85. The largest absolute Gasteiger partial charge is 0.384 e. The van der Waals surface area contributed by atoms with E-state index in [9.17, 15) is 0 Å². The number of nitrogens with one attached hydrogen (secondary N) is 1. The van der Waals surface area contributed by atoms with Crippen LogP contribution < -0.4 is 5.32 Å². The van der Waals surface area contributed by atoms with Crippen LogP contribution >= 0.6 is 0 Å². The normalized spacial score (nSPS) is 14.6. The molecular formula is C18H24N2. The standard InChI is InChI=1S/C18H24N2/c1-5-19-16-12-8-7-11-15(12)20-17-13(16)9-6-10-14(17)18(2,3)4/h6,9-10H,5,7-8,11H2,1-4H3,(H,19,20). The van der Waals surface area contributed by atoms with Crippen LogP contribution in [0.4, 0.5) is 5.69 Å². The predicted molar refractivity (Wildman–Crippen MR) is 86.6 cm³/mol. The molecule has 0 fully saturated rings. The van der Waals surface area contributed by atoms with Gasteiger partial charge in [-0.2, -0.15) is 0 Å². The van der Waals surface area contributed by atoms with E-state index in [4.69, 9.17) is 4.98 Å². The number of aromatic nitrogens is 1. The van der Waals surface area contributed by atoms with Crippen molar-refractivity contribution in [3.63, 3.8) is 0 Å². The molecule has 20 heavy (non-hydrogen) atoms. The number of nitrogens with zero attached hydrogens (tertiary/aromatic N) is 1. The van der Waals surface area contributed by atoms with E-state index in [-0.39, 0.29) is 5.41 Å². The maximum absolute atomic E-state index is 5.03. The van der Waals surface area contributed by atoms with Crippen LogP contribution in [0.2, 0.25) is 0 Å². The summed E-state index contributed by atoms with van der Waals surface area (Å²) in [5, 5.41) is 4.88. The first-order chi connectivity index (χ1) is 9.52. The highest BCUT2D eigenvalue weighted by atomic mass is 14.9. The van der Waals surface area contributed by atoms with Crippen molar-refractivity contribution >= 4 is 16.6 Å². The van der Waals surface area contributed by atoms with E-state index in [1.54, 1.807) is 0 Å². The summed E-state index contributed by atoms with van der Waals surface area (Å²) in [5.41, 5.74) is 6.76. The van der Waals surface area contributed by atoms with Gasteiger partial charge in [0.1, 0.15) is 0 Å². The highest BCUT2D eigenvalue weighted by molar-refractivity contribution is 5.96. The number of fused-ring (bicyclic) bond motifs is 2. The average molecular weight is 268 g/mol. The van der Waals surface area contributed by atoms with Gasteiger partial charge in [-0.25, -0.2) is 0 Å². The van der Waals surface area contributed by atoms with Gasteiger partial charge in [0.15, 0.2) is 0 Å². The summed E-state index contributed by atoms with van der Waals surface area (Å²) >= 11 is 0. The first kappa shape index (κ1) is 13.4. The smallest absolute Gasteiger partial charge is 0.0763 e. The van der Waals surface area contributed by atoms with Crippen molar-refractivity contribution in [2.24, 2.45) is 0 Å². The molecule has 1 N–H and O–H groups in total. The van der Waals surface area contributed by atoms with Crippen molar-refractivity contribution in [2.45, 2.75) is 52.4 Å². The molecule has 2 heteroatoms. The van der Waals surface area contributed by atoms with Crippen molar-refractivity contribution in [1.82, 2.24) is 4.98 Å². The zero-order chi connectivity index (χ0) is 14.3. The molecule has 0 saturated heterocycles. The van der Waals surface area contributed by atoms with Gasteiger partial charge >= 0.3 is 0 Å². The monoisotopic (exact) mass is 268 g/mol. The van der Waals surface area contributed by atoms with Crippen LogP contribution in [0, 0.1) is 0 Å². The topological polar surface area (TPSA) is 24.9 Å². The summed E-state index contributed by atoms with van der Waals surface area (Å²) in [6.07, 6.45) is 3.53. The van der Waals surface area contributed by atoms with Crippen molar-refractivity contribution in [3.8, 4) is 0 Å². The van der Waals surface area contributed by atoms with Crippen LogP contribution in [0.5, 0.6) is 0 Å². The number of benzene rings is 1. The summed E-state index contributed by atoms with van der Waals surface area (Å²) < 4.78 is 0. The molecule has 1 heterocycles. The van der Waals surface area contributed by atoms with Crippen molar-refractivity contribution in [1.29, 1.82) is 0 Å². The number of para-hydroxylation sites is 1. The number of hydrogen-bond donors (Lipinski definition) is 1. The summed E-state index contributed by atoms with van der Waals surface area (Å²) in [6.45, 7) is 9.93. The quantitative estimate of drug-likeness (QED) is 0.870. The zero-order valence-electron chi connectivity index (χ0n) is 13.0. The van der Waals surface area contributed by atoms with Gasteiger partial charge in [0.25, 0.3) is 0 Å². The van der Waals surface area contributed by atoms with Crippen LogP contribution in [0.15, 0.2) is 18.2 Å². The lowest BCUT2D eigenvalue weighted by Gasteiger charge is -2.23. The molecule has 0 aliphatic heterocycles. The Morgan fingerprint density at radius 3 is 2.70 bits per heavy atom. The highest BCUT2D eigenvalue weighted by Crippen LogP contribution is 2.37. The Bertz CT molecular complexity index is 650. The number of hydrogen-bond acceptors (Lipinski definition) is 2. The molecule has 1 aliphatic rings. The minimum atomic E-state index is 0.128. The number of rotatable bonds is 2. The summed E-state index contributed by atoms with van der Waals surface area (Å²) in [4.78, 5) is 5.03. The molecule has 1 aromatic heterocycles. The molecule has 3 rings (SSSR count). The molecule has 0 spiro atoms. The van der Waals surface area contributed by atoms with Gasteiger partial charge in [0.2, 0.25) is 0 Å². The third-order valence-corrected chi connectivity index (χ3v) is 4.20. The van der Waals surface area contributed by atoms with E-state index in [1.807, 2.05) is 0 Å². The molecule has 2 aromatic rings. The van der Waals surface area contributed by atoms with Crippen molar-refractivity contribution in [3.05, 3.63) is 35.0 Å². The molecular weight excluding hydrogens is 244 g/mol. The molecule has 2 nitrogen and oxygen atoms in total. The maximum atomic E-state index is 5.03. The molecule has 1 aromatic carbocycles. The van der Waals surface area contributed by atoms with Crippen LogP contribution in [-0.2, 0) is 18.3 Å². The fourth-order valence-electron chi connectivity index (χ4n) is 3.27. The van der Waals surface area contributed by atoms with E-state index in [0.29, 0.717) is 0 Å². The molecule has 0 bridgehead atoms. The molecule has 0 radical (unpaired) electrons. The number of pyridine rings is 1. The van der Waals surface area contributed by atoms with E-state index in [1.165, 1.54) is 46.3 Å². The second-order valence-corrected chi connectivity index (χ2v) is 6.75. The Balaban J connectivity index is 2.35. The van der Waals surface area contributed by atoms with Crippen LogP contribution in [0.1, 0.15) is 50.9 Å². The number of anilines is 1. The highest BCUT2D eigenvalue weighted by Gasteiger charge is 2.23. The summed E-state index contributed by atoms with van der Waals surface area (Å²) in [6, 6.07) is 6.62. The maximum Gasteiger partial charge on any atom is 0.0763 e. The van der Waals surface area contributed by atoms with Crippen LogP contribution in [0.25, 0.3) is 10.9 Å². The molecule has 0 saturated carbocycles. The van der Waals surface area contributed by atoms with Gasteiger partial charge in [-0.1, -0.05) is 39.0 Å². The zero-order valence-corrected chi connectivity index (χ0v) is 13.0. The van der Waals surface area contributed by atoms with E-state index in [0.717, 1.165) is 13.0 Å². The fraction of sp³-hybridized carbons (Fsp3) is 0.500. The Morgan fingerprint density at radius 2 is 2.00 bits per heavy atom. The van der Waals surface area contributed by atoms with Crippen molar-refractivity contribution < 1.29 is 0 Å². The van der Waals surface area contributed by atoms with Gasteiger partial charge < -0.3 is 5.32 Å². The second-order valence-electron chi connectivity index (χ2n) is 6.75. The Kier molecular flexibility index (Phi) is 3.19. The van der Waals surface area contributed by atoms with E-state index >= 15 is 0 Å². The van der Waals surface area contributed by atoms with Gasteiger partial charge in [-0.3, -0.25) is 4.98 Å². The van der Waals surface area contributed by atoms with Crippen LogP contribution in [-0.4, -0.2) is 11.5 Å². The van der Waals surface area contributed by atoms with E-state index < -0.39 is 0 Å². The third kappa shape index (κ3) is 2.07. The van der Waals surface area contributed by atoms with Gasteiger partial charge in [-0.05, 0) is 42.7 Å². The SMILES string of the molecule is CCNc1c2c(nc3c(C(C)(C)C)cccc13)CCC2. The first-order valence-corrected chi connectivity index (χ1v) is 7.71. The van der Waals surface area contributed by atoms with Crippen molar-refractivity contribution in [2.75, 3.05) is 11.9 Å². The minimum absolute atomic E-state index is 0.128. The summed E-state index contributed by atoms with van der Waals surface area (Å²) in [5.74, 6) is 0. The molecule has 0 unspecified atom stereocenters. The summed E-state index contributed by atoms with van der Waals surface area (Å²) in [7, 11) is 0. The van der Waals surface area contributed by atoms with Gasteiger partial charge in [0, 0.05) is 23.3 Å². The third-order valence-electron chi connectivity index (χ3n) is 4.20. The fourth-order valence-corrected chi connectivity index (χ4v) is 3.27. The minimum Gasteiger partial charge on any atom is -0.384 e. The first-order valence-electron chi connectivity index (χ1n) is 7.71. The van der Waals surface area contributed by atoms with E-state index in [2.05, 4.69) is 51.2 Å². The second kappa shape index (κ2) is 4.76. The van der Waals surface area contributed by atoms with Gasteiger partial charge in [0.05, 0.1) is 5.52 Å². The molecule has 1 aliphatic carbocycles. The lowest BCUT2D eigenvalue weighted by molar-refractivity contribution is 0.594. The molecule has 0 atom stereocenters. The Morgan fingerprint density at radius 1 is 1.20 bits per heavy atom. The lowest BCUT2D eigenvalue weighted by Crippen LogP contribution is -2.13. The molecule has 106 valence electrons. The molecule has 0 amide bonds. The predicted octanol–water partition coefficient (Wildman–Crippen LogP) is 4.45. The Hall–Kier alpha value is -1.57. The van der Waals surface area contributed by atoms with Gasteiger partial charge in [-0.15, -0.1) is 0 Å².